The summed E-state index contributed by atoms with van der Waals surface area (Å²) in [6, 6.07) is 10.5. The second-order valence-electron chi connectivity index (χ2n) is 6.31. The molecule has 4 rings (SSSR count). The summed E-state index contributed by atoms with van der Waals surface area (Å²) in [4.78, 5) is 14.8. The van der Waals surface area contributed by atoms with E-state index in [0.717, 1.165) is 18.7 Å². The first-order chi connectivity index (χ1) is 12.1. The number of anilines is 1. The molecule has 0 bridgehead atoms. The molecule has 2 aliphatic rings. The third-order valence-corrected chi connectivity index (χ3v) is 4.70. The van der Waals surface area contributed by atoms with Gasteiger partial charge in [0.15, 0.2) is 0 Å². The maximum absolute atomic E-state index is 14.1. The largest absolute Gasteiger partial charge is 0.389 e. The molecule has 0 atom stereocenters. The zero-order valence-corrected chi connectivity index (χ0v) is 13.8. The first kappa shape index (κ1) is 15.4. The van der Waals surface area contributed by atoms with Crippen LogP contribution < -0.4 is 10.2 Å². The number of benzene rings is 2. The minimum atomic E-state index is -0.300. The summed E-state index contributed by atoms with van der Waals surface area (Å²) in [5, 5.41) is 12.5. The van der Waals surface area contributed by atoms with Gasteiger partial charge in [0.25, 0.3) is 0 Å². The van der Waals surface area contributed by atoms with Crippen molar-refractivity contribution in [2.45, 2.75) is 13.3 Å². The highest BCUT2D eigenvalue weighted by molar-refractivity contribution is 6.21. The Balaban J connectivity index is 1.99. The summed E-state index contributed by atoms with van der Waals surface area (Å²) in [5.41, 5.74) is 4.19. The van der Waals surface area contributed by atoms with Gasteiger partial charge in [-0.3, -0.25) is 4.79 Å². The SMILES string of the molecule is Cc1ccc(-c2cc(C#N)cc3c2N2CCCNC=C2C3=O)cc1F. The van der Waals surface area contributed by atoms with Crippen LogP contribution >= 0.6 is 0 Å². The minimum Gasteiger partial charge on any atom is -0.389 e. The van der Waals surface area contributed by atoms with E-state index in [4.69, 9.17) is 0 Å². The van der Waals surface area contributed by atoms with Crippen molar-refractivity contribution in [3.63, 3.8) is 0 Å². The molecule has 1 N–H and O–H groups in total. The van der Waals surface area contributed by atoms with Gasteiger partial charge in [-0.15, -0.1) is 0 Å². The van der Waals surface area contributed by atoms with Crippen LogP contribution in [-0.2, 0) is 0 Å². The van der Waals surface area contributed by atoms with Crippen LogP contribution in [0.4, 0.5) is 10.1 Å². The van der Waals surface area contributed by atoms with E-state index < -0.39 is 0 Å². The van der Waals surface area contributed by atoms with Crippen LogP contribution in [0.5, 0.6) is 0 Å². The summed E-state index contributed by atoms with van der Waals surface area (Å²) in [7, 11) is 0. The van der Waals surface area contributed by atoms with Gasteiger partial charge in [0.2, 0.25) is 5.78 Å². The van der Waals surface area contributed by atoms with Crippen molar-refractivity contribution in [3.8, 4) is 17.2 Å². The number of halogens is 1. The molecule has 5 heteroatoms. The monoisotopic (exact) mass is 333 g/mol. The molecule has 0 saturated carbocycles. The van der Waals surface area contributed by atoms with Gasteiger partial charge < -0.3 is 10.2 Å². The Morgan fingerprint density at radius 3 is 2.80 bits per heavy atom. The molecule has 2 aromatic rings. The summed E-state index contributed by atoms with van der Waals surface area (Å²) < 4.78 is 14.1. The Bertz CT molecular complexity index is 972. The molecule has 124 valence electrons. The number of carbonyl (C=O) groups excluding carboxylic acids is 1. The Morgan fingerprint density at radius 2 is 2.04 bits per heavy atom. The highest BCUT2D eigenvalue weighted by Crippen LogP contribution is 2.43. The van der Waals surface area contributed by atoms with Crippen molar-refractivity contribution in [3.05, 3.63) is 64.7 Å². The number of aryl methyl sites for hydroxylation is 1. The van der Waals surface area contributed by atoms with Crippen LogP contribution in [0.1, 0.15) is 27.9 Å². The molecule has 2 heterocycles. The van der Waals surface area contributed by atoms with Crippen LogP contribution in [0.2, 0.25) is 0 Å². The van der Waals surface area contributed by atoms with Crippen LogP contribution in [0.15, 0.2) is 42.2 Å². The van der Waals surface area contributed by atoms with Gasteiger partial charge in [-0.2, -0.15) is 5.26 Å². The smallest absolute Gasteiger partial charge is 0.213 e. The zero-order valence-electron chi connectivity index (χ0n) is 13.8. The van der Waals surface area contributed by atoms with Gasteiger partial charge in [0.1, 0.15) is 11.5 Å². The second kappa shape index (κ2) is 5.75. The predicted octanol–water partition coefficient (Wildman–Crippen LogP) is 3.51. The summed E-state index contributed by atoms with van der Waals surface area (Å²) in [6.45, 7) is 3.21. The number of Topliss-reactive ketones (excluding diaryl/α,β-unsaturated/α-hetero) is 1. The average molecular weight is 333 g/mol. The number of hydrogen-bond acceptors (Lipinski definition) is 4. The number of nitrogens with zero attached hydrogens (tertiary/aromatic N) is 2. The second-order valence-corrected chi connectivity index (χ2v) is 6.31. The maximum Gasteiger partial charge on any atom is 0.213 e. The van der Waals surface area contributed by atoms with Gasteiger partial charge >= 0.3 is 0 Å². The molecule has 2 aromatic carbocycles. The van der Waals surface area contributed by atoms with Gasteiger partial charge in [0, 0.05) is 30.4 Å². The predicted molar refractivity (Wildman–Crippen MR) is 93.7 cm³/mol. The number of ketones is 1. The Labute approximate surface area is 145 Å². The average Bonchev–Trinajstić information content (AvgIpc) is 2.79. The number of allylic oxidation sites excluding steroid dienone is 1. The van der Waals surface area contributed by atoms with Gasteiger partial charge in [0.05, 0.1) is 17.3 Å². The zero-order chi connectivity index (χ0) is 17.6. The first-order valence-corrected chi connectivity index (χ1v) is 8.20. The summed E-state index contributed by atoms with van der Waals surface area (Å²) in [6.07, 6.45) is 2.62. The molecule has 25 heavy (non-hydrogen) atoms. The van der Waals surface area contributed by atoms with Crippen LogP contribution in [0.3, 0.4) is 0 Å². The normalized spacial score (nSPS) is 15.6. The molecule has 0 spiro atoms. The Morgan fingerprint density at radius 1 is 1.24 bits per heavy atom. The minimum absolute atomic E-state index is 0.102. The van der Waals surface area contributed by atoms with Crippen molar-refractivity contribution >= 4 is 11.5 Å². The molecule has 0 amide bonds. The van der Waals surface area contributed by atoms with E-state index in [0.29, 0.717) is 40.1 Å². The molecule has 4 nitrogen and oxygen atoms in total. The Hall–Kier alpha value is -3.13. The van der Waals surface area contributed by atoms with E-state index in [-0.39, 0.29) is 11.6 Å². The lowest BCUT2D eigenvalue weighted by Gasteiger charge is -2.21. The molecular weight excluding hydrogens is 317 g/mol. The molecule has 0 aromatic heterocycles. The quantitative estimate of drug-likeness (QED) is 0.868. The molecule has 0 saturated heterocycles. The highest BCUT2D eigenvalue weighted by atomic mass is 19.1. The van der Waals surface area contributed by atoms with E-state index in [9.17, 15) is 14.4 Å². The van der Waals surface area contributed by atoms with E-state index in [1.807, 2.05) is 11.0 Å². The molecule has 2 aliphatic heterocycles. The van der Waals surface area contributed by atoms with Crippen LogP contribution in [0.25, 0.3) is 11.1 Å². The fraction of sp³-hybridized carbons (Fsp3) is 0.200. The topological polar surface area (TPSA) is 56.1 Å². The van der Waals surface area contributed by atoms with E-state index >= 15 is 0 Å². The van der Waals surface area contributed by atoms with Crippen molar-refractivity contribution < 1.29 is 9.18 Å². The molecule has 0 radical (unpaired) electrons. The number of hydrogen-bond donors (Lipinski definition) is 1. The summed E-state index contributed by atoms with van der Waals surface area (Å²) in [5.74, 6) is -0.401. The number of nitrogens with one attached hydrogen (secondary N) is 1. The van der Waals surface area contributed by atoms with E-state index in [1.165, 1.54) is 6.07 Å². The lowest BCUT2D eigenvalue weighted by atomic mass is 9.96. The first-order valence-electron chi connectivity index (χ1n) is 8.20. The van der Waals surface area contributed by atoms with Crippen molar-refractivity contribution in [1.29, 1.82) is 5.26 Å². The number of nitriles is 1. The lowest BCUT2D eigenvalue weighted by molar-refractivity contribution is 0.103. The lowest BCUT2D eigenvalue weighted by Crippen LogP contribution is -2.21. The van der Waals surface area contributed by atoms with Gasteiger partial charge in [-0.05, 0) is 42.7 Å². The molecular formula is C20H16FN3O. The number of fused-ring (bicyclic) bond motifs is 3. The standard InChI is InChI=1S/C20H16FN3O/c1-12-3-4-14(9-17(12)21)15-7-13(10-22)8-16-19(15)24-6-2-5-23-11-18(24)20(16)25/h3-4,7-9,11,23H,2,5-6H2,1H3. The van der Waals surface area contributed by atoms with Gasteiger partial charge in [-0.25, -0.2) is 4.39 Å². The Kier molecular flexibility index (Phi) is 3.54. The number of rotatable bonds is 1. The van der Waals surface area contributed by atoms with Crippen molar-refractivity contribution in [2.75, 3.05) is 18.0 Å². The third kappa shape index (κ3) is 2.38. The number of carbonyl (C=O) groups is 1. The fourth-order valence-electron chi connectivity index (χ4n) is 3.41. The van der Waals surface area contributed by atoms with E-state index in [1.54, 1.807) is 31.3 Å². The van der Waals surface area contributed by atoms with Crippen LogP contribution in [-0.4, -0.2) is 18.9 Å². The van der Waals surface area contributed by atoms with Crippen molar-refractivity contribution in [1.82, 2.24) is 5.32 Å². The van der Waals surface area contributed by atoms with E-state index in [2.05, 4.69) is 11.4 Å². The molecule has 0 unspecified atom stereocenters. The van der Waals surface area contributed by atoms with Gasteiger partial charge in [-0.1, -0.05) is 12.1 Å². The third-order valence-electron chi connectivity index (χ3n) is 4.70. The highest BCUT2D eigenvalue weighted by Gasteiger charge is 2.35. The molecule has 0 aliphatic carbocycles. The summed E-state index contributed by atoms with van der Waals surface area (Å²) >= 11 is 0. The maximum atomic E-state index is 14.1. The molecule has 0 fully saturated rings. The van der Waals surface area contributed by atoms with Crippen LogP contribution in [0, 0.1) is 24.1 Å². The fourth-order valence-corrected chi connectivity index (χ4v) is 3.41. The van der Waals surface area contributed by atoms with Crippen molar-refractivity contribution in [2.24, 2.45) is 0 Å².